The number of ketones is 2. The van der Waals surface area contributed by atoms with Crippen LogP contribution in [0.25, 0.3) is 20.2 Å². The molecule has 0 aliphatic heterocycles. The highest BCUT2D eigenvalue weighted by molar-refractivity contribution is 7.53. The summed E-state index contributed by atoms with van der Waals surface area (Å²) < 4.78 is 76.2. The van der Waals surface area contributed by atoms with Crippen LogP contribution in [0.4, 0.5) is 8.78 Å². The number of benzene rings is 2. The number of carbonyl (C=O) groups is 3. The second-order valence-electron chi connectivity index (χ2n) is 11.2. The van der Waals surface area contributed by atoms with Crippen molar-refractivity contribution in [3.05, 3.63) is 45.7 Å². The van der Waals surface area contributed by atoms with Gasteiger partial charge in [-0.1, -0.05) is 0 Å². The van der Waals surface area contributed by atoms with Gasteiger partial charge in [0.25, 0.3) is 0 Å². The van der Waals surface area contributed by atoms with E-state index >= 15 is 8.78 Å². The quantitative estimate of drug-likeness (QED) is 0.0605. The van der Waals surface area contributed by atoms with Gasteiger partial charge in [0.1, 0.15) is 0 Å². The van der Waals surface area contributed by atoms with Crippen molar-refractivity contribution >= 4 is 68.0 Å². The Hall–Kier alpha value is -3.62. The lowest BCUT2D eigenvalue weighted by Crippen LogP contribution is -2.26. The number of hydrogen-bond donors (Lipinski definition) is 1. The van der Waals surface area contributed by atoms with Crippen LogP contribution < -0.4 is 18.9 Å². The number of thiophene rings is 2. The molecule has 4 aromatic rings. The number of rotatable bonds is 18. The molecular formula is C32H35F2O11PS2. The van der Waals surface area contributed by atoms with Crippen LogP contribution >= 0.6 is 30.3 Å². The molecule has 0 fully saturated rings. The monoisotopic (exact) mass is 728 g/mol. The van der Waals surface area contributed by atoms with Gasteiger partial charge in [0.2, 0.25) is 0 Å². The summed E-state index contributed by atoms with van der Waals surface area (Å²) in [5.41, 5.74) is -1.28. The molecule has 4 rings (SSSR count). The standard InChI is InChI=1S/C32H35F2O11PS2/c1-32(2,31(37)38)16-20(36)26-13-18-24(48-26)15-22(41-4)30(28(18)34)45-10-7-9-44-29-21(40-3)14-23-17(27(29)33)12-25(47-23)19(35)8-11-46(39,42-5)43-6/h12-15H,7-11,16H2,1-6H3,(H,37,38). The Balaban J connectivity index is 1.44. The maximum Gasteiger partial charge on any atom is 0.330 e. The first-order valence-corrected chi connectivity index (χ1v) is 17.9. The molecule has 0 aliphatic rings. The molecule has 0 radical (unpaired) electrons. The normalized spacial score (nSPS) is 12.0. The van der Waals surface area contributed by atoms with Crippen molar-refractivity contribution in [3.8, 4) is 23.0 Å². The number of carbonyl (C=O) groups excluding carboxylic acids is 2. The van der Waals surface area contributed by atoms with Crippen LogP contribution in [0.3, 0.4) is 0 Å². The van der Waals surface area contributed by atoms with Crippen molar-refractivity contribution in [1.82, 2.24) is 0 Å². The Labute approximate surface area is 283 Å². The molecule has 48 heavy (non-hydrogen) atoms. The first kappa shape index (κ1) is 37.2. The number of Topliss-reactive ketones (excluding diaryl/α,β-unsaturated/α-hetero) is 2. The lowest BCUT2D eigenvalue weighted by Gasteiger charge is -2.16. The van der Waals surface area contributed by atoms with Crippen LogP contribution in [0.5, 0.6) is 23.0 Å². The van der Waals surface area contributed by atoms with Crippen molar-refractivity contribution in [2.24, 2.45) is 5.41 Å². The minimum absolute atomic E-state index is 0.0410. The predicted octanol–water partition coefficient (Wildman–Crippen LogP) is 8.00. The highest BCUT2D eigenvalue weighted by atomic mass is 32.1. The van der Waals surface area contributed by atoms with E-state index in [0.717, 1.165) is 22.7 Å². The van der Waals surface area contributed by atoms with Gasteiger partial charge in [-0.15, -0.1) is 22.7 Å². The van der Waals surface area contributed by atoms with Gasteiger partial charge in [-0.3, -0.25) is 18.9 Å². The molecule has 0 aliphatic carbocycles. The molecule has 0 atom stereocenters. The van der Waals surface area contributed by atoms with Crippen LogP contribution in [0.1, 0.15) is 52.5 Å². The number of methoxy groups -OCH3 is 2. The van der Waals surface area contributed by atoms with Gasteiger partial charge >= 0.3 is 13.6 Å². The van der Waals surface area contributed by atoms with E-state index in [2.05, 4.69) is 0 Å². The van der Waals surface area contributed by atoms with Gasteiger partial charge in [0, 0.05) is 65.8 Å². The Morgan fingerprint density at radius 3 is 1.67 bits per heavy atom. The fraction of sp³-hybridized carbons (Fsp3) is 0.406. The van der Waals surface area contributed by atoms with E-state index in [1.165, 1.54) is 60.5 Å². The van der Waals surface area contributed by atoms with E-state index in [1.807, 2.05) is 0 Å². The van der Waals surface area contributed by atoms with Gasteiger partial charge in [0.05, 0.1) is 48.8 Å². The Bertz CT molecular complexity index is 1890. The number of fused-ring (bicyclic) bond motifs is 2. The highest BCUT2D eigenvalue weighted by Gasteiger charge is 2.32. The van der Waals surface area contributed by atoms with Crippen molar-refractivity contribution < 1.29 is 60.8 Å². The minimum atomic E-state index is -3.39. The minimum Gasteiger partial charge on any atom is -0.493 e. The van der Waals surface area contributed by atoms with Gasteiger partial charge < -0.3 is 33.1 Å². The molecule has 2 aromatic carbocycles. The number of ether oxygens (including phenoxy) is 4. The summed E-state index contributed by atoms with van der Waals surface area (Å²) in [5, 5.41) is 9.64. The summed E-state index contributed by atoms with van der Waals surface area (Å²) >= 11 is 2.09. The number of carboxylic acids is 1. The average molecular weight is 729 g/mol. The zero-order valence-electron chi connectivity index (χ0n) is 27.1. The van der Waals surface area contributed by atoms with E-state index in [0.29, 0.717) is 9.40 Å². The summed E-state index contributed by atoms with van der Waals surface area (Å²) in [4.78, 5) is 37.5. The number of aliphatic carboxylic acids is 1. The fourth-order valence-corrected chi connectivity index (χ4v) is 7.70. The summed E-state index contributed by atoms with van der Waals surface area (Å²) in [6.07, 6.45) is -0.302. The largest absolute Gasteiger partial charge is 0.493 e. The van der Waals surface area contributed by atoms with Crippen LogP contribution in [0.2, 0.25) is 0 Å². The van der Waals surface area contributed by atoms with Crippen molar-refractivity contribution in [3.63, 3.8) is 0 Å². The van der Waals surface area contributed by atoms with Gasteiger partial charge in [0.15, 0.2) is 46.2 Å². The van der Waals surface area contributed by atoms with Crippen LogP contribution in [-0.2, 0) is 18.4 Å². The van der Waals surface area contributed by atoms with E-state index in [4.69, 9.17) is 28.0 Å². The molecule has 0 bridgehead atoms. The molecule has 16 heteroatoms. The second kappa shape index (κ2) is 15.3. The molecule has 2 aromatic heterocycles. The SMILES string of the molecule is COc1cc2sc(C(=O)CCP(=O)(OC)OC)cc2c(F)c1OCCCOc1c(OC)cc2sc(C(=O)CC(C)(C)C(=O)O)cc2c1F. The smallest absolute Gasteiger partial charge is 0.330 e. The van der Waals surface area contributed by atoms with E-state index in [9.17, 15) is 24.1 Å². The zero-order valence-corrected chi connectivity index (χ0v) is 29.6. The van der Waals surface area contributed by atoms with Gasteiger partial charge in [-0.05, 0) is 26.0 Å². The molecule has 1 N–H and O–H groups in total. The Morgan fingerprint density at radius 2 is 1.25 bits per heavy atom. The molecule has 2 heterocycles. The van der Waals surface area contributed by atoms with Gasteiger partial charge in [-0.25, -0.2) is 8.78 Å². The molecule has 260 valence electrons. The van der Waals surface area contributed by atoms with E-state index in [1.54, 1.807) is 6.07 Å². The molecule has 11 nitrogen and oxygen atoms in total. The molecular weight excluding hydrogens is 693 g/mol. The van der Waals surface area contributed by atoms with Gasteiger partial charge in [-0.2, -0.15) is 0 Å². The zero-order chi connectivity index (χ0) is 35.4. The lowest BCUT2D eigenvalue weighted by atomic mass is 9.87. The summed E-state index contributed by atoms with van der Waals surface area (Å²) in [5.74, 6) is -3.50. The third-order valence-electron chi connectivity index (χ3n) is 7.49. The molecule has 0 saturated heterocycles. The van der Waals surface area contributed by atoms with E-state index < -0.39 is 36.4 Å². The molecule has 0 spiro atoms. The van der Waals surface area contributed by atoms with Crippen molar-refractivity contribution in [1.29, 1.82) is 0 Å². The van der Waals surface area contributed by atoms with E-state index in [-0.39, 0.29) is 87.9 Å². The lowest BCUT2D eigenvalue weighted by molar-refractivity contribution is -0.146. The molecule has 0 saturated carbocycles. The Kier molecular flexibility index (Phi) is 11.9. The Morgan fingerprint density at radius 1 is 0.792 bits per heavy atom. The topological polar surface area (TPSA) is 144 Å². The molecule has 0 unspecified atom stereocenters. The first-order chi connectivity index (χ1) is 22.7. The fourth-order valence-electron chi connectivity index (χ4n) is 4.64. The third-order valence-corrected chi connectivity index (χ3v) is 11.6. The highest BCUT2D eigenvalue weighted by Crippen LogP contribution is 2.47. The van der Waals surface area contributed by atoms with Crippen LogP contribution in [0, 0.1) is 17.0 Å². The molecule has 0 amide bonds. The summed E-state index contributed by atoms with van der Waals surface area (Å²) in [6.45, 7) is 2.80. The maximum absolute atomic E-state index is 15.6. The van der Waals surface area contributed by atoms with Crippen LogP contribution in [-0.4, -0.2) is 70.5 Å². The maximum atomic E-state index is 15.6. The predicted molar refractivity (Wildman–Crippen MR) is 178 cm³/mol. The summed E-state index contributed by atoms with van der Waals surface area (Å²) in [7, 11) is 1.78. The first-order valence-electron chi connectivity index (χ1n) is 14.5. The van der Waals surface area contributed by atoms with Crippen molar-refractivity contribution in [2.45, 2.75) is 33.1 Å². The van der Waals surface area contributed by atoms with Crippen molar-refractivity contribution in [2.75, 3.05) is 47.8 Å². The third kappa shape index (κ3) is 7.98. The average Bonchev–Trinajstić information content (AvgIpc) is 3.70. The number of halogens is 2. The number of hydrogen-bond acceptors (Lipinski definition) is 12. The summed E-state index contributed by atoms with van der Waals surface area (Å²) in [6, 6.07) is 5.87. The number of carboxylic acid groups (broad SMARTS) is 1. The second-order valence-corrected chi connectivity index (χ2v) is 15.8. The van der Waals surface area contributed by atoms with Crippen LogP contribution in [0.15, 0.2) is 24.3 Å².